The monoisotopic (exact) mass is 182 g/mol. The van der Waals surface area contributed by atoms with Crippen molar-refractivity contribution >= 4 is 0 Å². The maximum Gasteiger partial charge on any atom is 0.197 e. The largest absolute Gasteiger partial charge is 0.445 e. The third-order valence-corrected chi connectivity index (χ3v) is 2.01. The number of hydrogen-bond acceptors (Lipinski definition) is 3. The summed E-state index contributed by atoms with van der Waals surface area (Å²) in [5, 5.41) is 3.09. The van der Waals surface area contributed by atoms with Crippen molar-refractivity contribution in [3.63, 3.8) is 0 Å². The number of aryl methyl sites for hydroxylation is 1. The zero-order valence-corrected chi connectivity index (χ0v) is 8.85. The smallest absolute Gasteiger partial charge is 0.197 e. The zero-order valence-electron chi connectivity index (χ0n) is 8.85. The van der Waals surface area contributed by atoms with Crippen LogP contribution in [0.2, 0.25) is 0 Å². The van der Waals surface area contributed by atoms with Crippen molar-refractivity contribution < 1.29 is 4.42 Å². The van der Waals surface area contributed by atoms with Crippen molar-refractivity contribution in [3.05, 3.63) is 17.3 Å². The molecule has 0 aliphatic carbocycles. The minimum absolute atomic E-state index is 0.377. The molecule has 0 aromatic carbocycles. The summed E-state index contributed by atoms with van der Waals surface area (Å²) in [7, 11) is 1.94. The summed E-state index contributed by atoms with van der Waals surface area (Å²) in [5.74, 6) is 2.24. The molecule has 0 aliphatic rings. The van der Waals surface area contributed by atoms with Crippen molar-refractivity contribution in [1.29, 1.82) is 0 Å². The number of likely N-dealkylation sites (N-methyl/N-ethyl adjacent to an activating group) is 1. The van der Waals surface area contributed by atoms with Crippen LogP contribution in [0.4, 0.5) is 0 Å². The van der Waals surface area contributed by atoms with Crippen molar-refractivity contribution in [3.8, 4) is 0 Å². The molecule has 0 saturated carbocycles. The third kappa shape index (κ3) is 2.56. The molecule has 0 atom stereocenters. The zero-order chi connectivity index (χ0) is 9.84. The fourth-order valence-corrected chi connectivity index (χ4v) is 1.17. The second kappa shape index (κ2) is 4.42. The van der Waals surface area contributed by atoms with Crippen LogP contribution in [0.25, 0.3) is 0 Å². The fourth-order valence-electron chi connectivity index (χ4n) is 1.17. The molecule has 0 aliphatic heterocycles. The molecular weight excluding hydrogens is 164 g/mol. The first-order valence-corrected chi connectivity index (χ1v) is 4.76. The topological polar surface area (TPSA) is 38.1 Å². The van der Waals surface area contributed by atoms with E-state index in [2.05, 4.69) is 24.1 Å². The molecule has 0 amide bonds. The molecule has 1 aromatic heterocycles. The average molecular weight is 182 g/mol. The van der Waals surface area contributed by atoms with Crippen LogP contribution in [0, 0.1) is 6.92 Å². The summed E-state index contributed by atoms with van der Waals surface area (Å²) in [6.07, 6.45) is 0.919. The first-order chi connectivity index (χ1) is 6.15. The Morgan fingerprint density at radius 3 is 2.62 bits per heavy atom. The minimum atomic E-state index is 0.377. The molecule has 0 radical (unpaired) electrons. The van der Waals surface area contributed by atoms with E-state index >= 15 is 0 Å². The predicted octanol–water partition coefficient (Wildman–Crippen LogP) is 1.87. The van der Waals surface area contributed by atoms with Crippen LogP contribution in [-0.4, -0.2) is 18.6 Å². The van der Waals surface area contributed by atoms with E-state index in [1.54, 1.807) is 0 Å². The maximum atomic E-state index is 5.63. The Kier molecular flexibility index (Phi) is 3.48. The van der Waals surface area contributed by atoms with E-state index in [1.807, 2.05) is 14.0 Å². The molecule has 1 rings (SSSR count). The van der Waals surface area contributed by atoms with Gasteiger partial charge in [-0.15, -0.1) is 0 Å². The lowest BCUT2D eigenvalue weighted by Gasteiger charge is -1.97. The number of nitrogens with one attached hydrogen (secondary N) is 1. The van der Waals surface area contributed by atoms with Gasteiger partial charge in [-0.1, -0.05) is 13.8 Å². The van der Waals surface area contributed by atoms with E-state index in [1.165, 1.54) is 0 Å². The molecule has 1 heterocycles. The Balaban J connectivity index is 2.71. The summed E-state index contributed by atoms with van der Waals surface area (Å²) in [6, 6.07) is 0. The van der Waals surface area contributed by atoms with Crippen molar-refractivity contribution in [1.82, 2.24) is 10.3 Å². The highest BCUT2D eigenvalue weighted by Crippen LogP contribution is 2.17. The van der Waals surface area contributed by atoms with Gasteiger partial charge >= 0.3 is 0 Å². The van der Waals surface area contributed by atoms with Crippen LogP contribution >= 0.6 is 0 Å². The SMILES string of the molecule is CNCCc1oc(C(C)C)nc1C. The van der Waals surface area contributed by atoms with Gasteiger partial charge in [0.25, 0.3) is 0 Å². The lowest BCUT2D eigenvalue weighted by Crippen LogP contribution is -2.10. The number of nitrogens with zero attached hydrogens (tertiary/aromatic N) is 1. The van der Waals surface area contributed by atoms with Crippen LogP contribution < -0.4 is 5.32 Å². The Bertz CT molecular complexity index is 266. The minimum Gasteiger partial charge on any atom is -0.445 e. The summed E-state index contributed by atoms with van der Waals surface area (Å²) in [6.45, 7) is 7.12. The van der Waals surface area contributed by atoms with Crippen LogP contribution in [0.1, 0.15) is 37.1 Å². The second-order valence-corrected chi connectivity index (χ2v) is 3.57. The molecule has 3 nitrogen and oxygen atoms in total. The van der Waals surface area contributed by atoms with E-state index in [4.69, 9.17) is 4.42 Å². The van der Waals surface area contributed by atoms with Gasteiger partial charge in [0.05, 0.1) is 5.69 Å². The Morgan fingerprint density at radius 2 is 2.15 bits per heavy atom. The molecule has 1 N–H and O–H groups in total. The van der Waals surface area contributed by atoms with E-state index in [-0.39, 0.29) is 0 Å². The first-order valence-electron chi connectivity index (χ1n) is 4.76. The summed E-state index contributed by atoms with van der Waals surface area (Å²) >= 11 is 0. The molecule has 0 spiro atoms. The summed E-state index contributed by atoms with van der Waals surface area (Å²) in [4.78, 5) is 4.37. The van der Waals surface area contributed by atoms with E-state index in [0.717, 1.165) is 30.3 Å². The van der Waals surface area contributed by atoms with Gasteiger partial charge in [-0.2, -0.15) is 0 Å². The van der Waals surface area contributed by atoms with Crippen LogP contribution in [0.15, 0.2) is 4.42 Å². The predicted molar refractivity (Wildman–Crippen MR) is 53.0 cm³/mol. The van der Waals surface area contributed by atoms with Gasteiger partial charge in [-0.05, 0) is 14.0 Å². The van der Waals surface area contributed by atoms with Crippen molar-refractivity contribution in [2.24, 2.45) is 0 Å². The van der Waals surface area contributed by atoms with Gasteiger partial charge in [-0.25, -0.2) is 4.98 Å². The van der Waals surface area contributed by atoms with Crippen LogP contribution in [0.3, 0.4) is 0 Å². The normalized spacial score (nSPS) is 11.2. The highest BCUT2D eigenvalue weighted by Gasteiger charge is 2.11. The number of hydrogen-bond donors (Lipinski definition) is 1. The van der Waals surface area contributed by atoms with Gasteiger partial charge < -0.3 is 9.73 Å². The molecule has 0 bridgehead atoms. The van der Waals surface area contributed by atoms with Gasteiger partial charge in [-0.3, -0.25) is 0 Å². The Hall–Kier alpha value is -0.830. The summed E-state index contributed by atoms with van der Waals surface area (Å²) in [5.41, 5.74) is 1.03. The quantitative estimate of drug-likeness (QED) is 0.772. The molecule has 1 aromatic rings. The van der Waals surface area contributed by atoms with Crippen LogP contribution in [-0.2, 0) is 6.42 Å². The second-order valence-electron chi connectivity index (χ2n) is 3.57. The van der Waals surface area contributed by atoms with Gasteiger partial charge in [0, 0.05) is 18.9 Å². The highest BCUT2D eigenvalue weighted by atomic mass is 16.4. The molecule has 0 saturated heterocycles. The van der Waals surface area contributed by atoms with Gasteiger partial charge in [0.15, 0.2) is 5.89 Å². The van der Waals surface area contributed by atoms with E-state index in [0.29, 0.717) is 5.92 Å². The number of aromatic nitrogens is 1. The third-order valence-electron chi connectivity index (χ3n) is 2.01. The lowest BCUT2D eigenvalue weighted by atomic mass is 10.2. The van der Waals surface area contributed by atoms with E-state index < -0.39 is 0 Å². The van der Waals surface area contributed by atoms with E-state index in [9.17, 15) is 0 Å². The molecular formula is C10H18N2O. The maximum absolute atomic E-state index is 5.63. The van der Waals surface area contributed by atoms with Gasteiger partial charge in [0.2, 0.25) is 0 Å². The molecule has 3 heteroatoms. The molecule has 13 heavy (non-hydrogen) atoms. The highest BCUT2D eigenvalue weighted by molar-refractivity contribution is 5.09. The van der Waals surface area contributed by atoms with Gasteiger partial charge in [0.1, 0.15) is 5.76 Å². The lowest BCUT2D eigenvalue weighted by molar-refractivity contribution is 0.433. The number of rotatable bonds is 4. The molecule has 74 valence electrons. The average Bonchev–Trinajstić information content (AvgIpc) is 2.44. The summed E-state index contributed by atoms with van der Waals surface area (Å²) < 4.78 is 5.63. The molecule has 0 fully saturated rings. The van der Waals surface area contributed by atoms with Crippen molar-refractivity contribution in [2.45, 2.75) is 33.1 Å². The Morgan fingerprint density at radius 1 is 1.46 bits per heavy atom. The fraction of sp³-hybridized carbons (Fsp3) is 0.700. The standard InChI is InChI=1S/C10H18N2O/c1-7(2)10-12-8(3)9(13-10)5-6-11-4/h7,11H,5-6H2,1-4H3. The first kappa shape index (κ1) is 10.3. The number of oxazole rings is 1. The Labute approximate surface area is 79.5 Å². The van der Waals surface area contributed by atoms with Crippen LogP contribution in [0.5, 0.6) is 0 Å². The van der Waals surface area contributed by atoms with Crippen molar-refractivity contribution in [2.75, 3.05) is 13.6 Å². The molecule has 0 unspecified atom stereocenters.